The molecule has 0 saturated carbocycles. The van der Waals surface area contributed by atoms with Gasteiger partial charge in [-0.1, -0.05) is 12.1 Å². The van der Waals surface area contributed by atoms with Crippen molar-refractivity contribution >= 4 is 16.9 Å². The fraction of sp³-hybridized carbons (Fsp3) is 0.200. The van der Waals surface area contributed by atoms with E-state index in [4.69, 9.17) is 18.6 Å². The first-order valence-corrected chi connectivity index (χ1v) is 8.23. The van der Waals surface area contributed by atoms with Gasteiger partial charge >= 0.3 is 5.97 Å². The quantitative estimate of drug-likeness (QED) is 0.478. The van der Waals surface area contributed by atoms with Gasteiger partial charge in [0.15, 0.2) is 5.43 Å². The van der Waals surface area contributed by atoms with Gasteiger partial charge in [-0.2, -0.15) is 0 Å². The largest absolute Gasteiger partial charge is 0.494 e. The maximum atomic E-state index is 12.0. The van der Waals surface area contributed by atoms with E-state index >= 15 is 0 Å². The third-order valence-electron chi connectivity index (χ3n) is 3.56. The first-order chi connectivity index (χ1) is 12.7. The van der Waals surface area contributed by atoms with E-state index in [9.17, 15) is 9.59 Å². The average Bonchev–Trinajstić information content (AvgIpc) is 2.66. The summed E-state index contributed by atoms with van der Waals surface area (Å²) in [5.74, 6) is 0.567. The number of hydrogen-bond donors (Lipinski definition) is 0. The van der Waals surface area contributed by atoms with Crippen LogP contribution in [0.4, 0.5) is 0 Å². The number of fused-ring (bicyclic) bond motifs is 1. The molecule has 0 unspecified atom stereocenters. The number of carbonyl (C=O) groups is 1. The van der Waals surface area contributed by atoms with Gasteiger partial charge in [0.25, 0.3) is 0 Å². The maximum Gasteiger partial charge on any atom is 0.374 e. The molecular weight excluding hydrogens is 336 g/mol. The monoisotopic (exact) mass is 354 g/mol. The SMILES string of the molecule is CCOc1ccc(OCCOC(=O)c2cc(=O)c3ccccc3o2)cc1. The molecule has 6 heteroatoms. The molecule has 26 heavy (non-hydrogen) atoms. The number of carbonyl (C=O) groups excluding carboxylic acids is 1. The van der Waals surface area contributed by atoms with Crippen LogP contribution in [-0.4, -0.2) is 25.8 Å². The van der Waals surface area contributed by atoms with Crippen LogP contribution in [0.25, 0.3) is 11.0 Å². The summed E-state index contributed by atoms with van der Waals surface area (Å²) in [7, 11) is 0. The Hall–Kier alpha value is -3.28. The van der Waals surface area contributed by atoms with Crippen LogP contribution >= 0.6 is 0 Å². The van der Waals surface area contributed by atoms with Crippen molar-refractivity contribution in [1.82, 2.24) is 0 Å². The lowest BCUT2D eigenvalue weighted by Gasteiger charge is -2.08. The van der Waals surface area contributed by atoms with Gasteiger partial charge in [-0.15, -0.1) is 0 Å². The topological polar surface area (TPSA) is 75.0 Å². The molecule has 0 saturated heterocycles. The predicted molar refractivity (Wildman–Crippen MR) is 95.9 cm³/mol. The molecule has 0 aliphatic rings. The third-order valence-corrected chi connectivity index (χ3v) is 3.56. The van der Waals surface area contributed by atoms with Crippen molar-refractivity contribution in [2.75, 3.05) is 19.8 Å². The molecular formula is C20H18O6. The van der Waals surface area contributed by atoms with Gasteiger partial charge in [-0.3, -0.25) is 4.79 Å². The molecule has 0 bridgehead atoms. The molecule has 0 atom stereocenters. The third kappa shape index (κ3) is 4.22. The molecule has 1 heterocycles. The first kappa shape index (κ1) is 17.5. The Morgan fingerprint density at radius 2 is 1.65 bits per heavy atom. The molecule has 0 amide bonds. The van der Waals surface area contributed by atoms with Gasteiger partial charge in [0.2, 0.25) is 5.76 Å². The summed E-state index contributed by atoms with van der Waals surface area (Å²) in [5.41, 5.74) is 0.0574. The molecule has 6 nitrogen and oxygen atoms in total. The van der Waals surface area contributed by atoms with Crippen LogP contribution in [0, 0.1) is 0 Å². The lowest BCUT2D eigenvalue weighted by atomic mass is 10.2. The summed E-state index contributed by atoms with van der Waals surface area (Å²) < 4.78 is 21.4. The molecule has 3 aromatic rings. The minimum atomic E-state index is -0.705. The Bertz CT molecular complexity index is 942. The standard InChI is InChI=1S/C20H18O6/c1-2-23-14-7-9-15(10-8-14)24-11-12-25-20(22)19-13-17(21)16-5-3-4-6-18(16)26-19/h3-10,13H,2,11-12H2,1H3. The molecule has 0 spiro atoms. The molecule has 2 aromatic carbocycles. The summed E-state index contributed by atoms with van der Waals surface area (Å²) >= 11 is 0. The fourth-order valence-corrected chi connectivity index (χ4v) is 2.37. The molecule has 3 rings (SSSR count). The van der Waals surface area contributed by atoms with Crippen molar-refractivity contribution in [3.8, 4) is 11.5 Å². The highest BCUT2D eigenvalue weighted by molar-refractivity contribution is 5.88. The zero-order chi connectivity index (χ0) is 18.4. The van der Waals surface area contributed by atoms with Crippen molar-refractivity contribution in [3.63, 3.8) is 0 Å². The van der Waals surface area contributed by atoms with E-state index in [2.05, 4.69) is 0 Å². The molecule has 1 aromatic heterocycles. The van der Waals surface area contributed by atoms with Crippen molar-refractivity contribution in [3.05, 3.63) is 70.6 Å². The number of para-hydroxylation sites is 1. The Morgan fingerprint density at radius 3 is 2.38 bits per heavy atom. The Labute approximate surface area is 149 Å². The Balaban J connectivity index is 1.53. The Kier molecular flexibility index (Phi) is 5.53. The van der Waals surface area contributed by atoms with Gasteiger partial charge in [-0.05, 0) is 43.3 Å². The second kappa shape index (κ2) is 8.20. The molecule has 0 fully saturated rings. The van der Waals surface area contributed by atoms with Crippen molar-refractivity contribution in [2.24, 2.45) is 0 Å². The molecule has 0 aliphatic heterocycles. The van der Waals surface area contributed by atoms with Crippen molar-refractivity contribution < 1.29 is 23.4 Å². The maximum absolute atomic E-state index is 12.0. The number of ether oxygens (including phenoxy) is 3. The van der Waals surface area contributed by atoms with Gasteiger partial charge in [0.05, 0.1) is 12.0 Å². The normalized spacial score (nSPS) is 10.5. The predicted octanol–water partition coefficient (Wildman–Crippen LogP) is 3.43. The molecule has 134 valence electrons. The summed E-state index contributed by atoms with van der Waals surface area (Å²) in [6.45, 7) is 2.72. The highest BCUT2D eigenvalue weighted by atomic mass is 16.6. The van der Waals surface area contributed by atoms with E-state index in [1.54, 1.807) is 48.5 Å². The van der Waals surface area contributed by atoms with Crippen LogP contribution in [0.1, 0.15) is 17.5 Å². The Morgan fingerprint density at radius 1 is 0.962 bits per heavy atom. The zero-order valence-corrected chi connectivity index (χ0v) is 14.3. The van der Waals surface area contributed by atoms with Crippen LogP contribution in [0.5, 0.6) is 11.5 Å². The summed E-state index contributed by atoms with van der Waals surface area (Å²) in [6.07, 6.45) is 0. The van der Waals surface area contributed by atoms with E-state index in [0.29, 0.717) is 23.3 Å². The fourth-order valence-electron chi connectivity index (χ4n) is 2.37. The number of benzene rings is 2. The van der Waals surface area contributed by atoms with Gasteiger partial charge in [0.1, 0.15) is 30.3 Å². The second-order valence-corrected chi connectivity index (χ2v) is 5.36. The second-order valence-electron chi connectivity index (χ2n) is 5.36. The van der Waals surface area contributed by atoms with E-state index in [0.717, 1.165) is 11.8 Å². The van der Waals surface area contributed by atoms with Crippen LogP contribution in [-0.2, 0) is 4.74 Å². The zero-order valence-electron chi connectivity index (χ0n) is 14.3. The smallest absolute Gasteiger partial charge is 0.374 e. The van der Waals surface area contributed by atoms with Crippen LogP contribution < -0.4 is 14.9 Å². The lowest BCUT2D eigenvalue weighted by Crippen LogP contribution is -2.14. The van der Waals surface area contributed by atoms with E-state index in [1.807, 2.05) is 6.92 Å². The minimum absolute atomic E-state index is 0.0303. The molecule has 0 aliphatic carbocycles. The molecule has 0 radical (unpaired) electrons. The highest BCUT2D eigenvalue weighted by Gasteiger charge is 2.13. The average molecular weight is 354 g/mol. The van der Waals surface area contributed by atoms with Gasteiger partial charge < -0.3 is 18.6 Å². The van der Waals surface area contributed by atoms with Crippen LogP contribution in [0.3, 0.4) is 0 Å². The number of hydrogen-bond acceptors (Lipinski definition) is 6. The molecule has 0 N–H and O–H groups in total. The van der Waals surface area contributed by atoms with Crippen molar-refractivity contribution in [2.45, 2.75) is 6.92 Å². The van der Waals surface area contributed by atoms with E-state index < -0.39 is 5.97 Å². The van der Waals surface area contributed by atoms with Gasteiger partial charge in [-0.25, -0.2) is 4.79 Å². The minimum Gasteiger partial charge on any atom is -0.494 e. The summed E-state index contributed by atoms with van der Waals surface area (Å²) in [5, 5.41) is 0.419. The number of rotatable bonds is 7. The number of esters is 1. The highest BCUT2D eigenvalue weighted by Crippen LogP contribution is 2.17. The summed E-state index contributed by atoms with van der Waals surface area (Å²) in [4.78, 5) is 24.0. The first-order valence-electron chi connectivity index (χ1n) is 8.23. The summed E-state index contributed by atoms with van der Waals surface area (Å²) in [6, 6.07) is 15.0. The van der Waals surface area contributed by atoms with Crippen molar-refractivity contribution in [1.29, 1.82) is 0 Å². The van der Waals surface area contributed by atoms with E-state index in [-0.39, 0.29) is 24.4 Å². The van der Waals surface area contributed by atoms with Gasteiger partial charge in [0, 0.05) is 6.07 Å². The van der Waals surface area contributed by atoms with E-state index in [1.165, 1.54) is 0 Å². The van der Waals surface area contributed by atoms with Crippen LogP contribution in [0.15, 0.2) is 63.8 Å². The van der Waals surface area contributed by atoms with Crippen LogP contribution in [0.2, 0.25) is 0 Å². The lowest BCUT2D eigenvalue weighted by molar-refractivity contribution is 0.0415.